The third kappa shape index (κ3) is 3.54. The van der Waals surface area contributed by atoms with E-state index in [1.807, 2.05) is 13.8 Å². The molecule has 0 radical (unpaired) electrons. The van der Waals surface area contributed by atoms with Crippen LogP contribution in [0.4, 0.5) is 5.82 Å². The van der Waals surface area contributed by atoms with Crippen LogP contribution >= 0.6 is 0 Å². The maximum atomic E-state index is 9.38. The molecule has 1 aromatic heterocycles. The van der Waals surface area contributed by atoms with Gasteiger partial charge in [0.05, 0.1) is 25.4 Å². The van der Waals surface area contributed by atoms with Crippen LogP contribution in [0.5, 0.6) is 5.88 Å². The van der Waals surface area contributed by atoms with Crippen molar-refractivity contribution in [2.45, 2.75) is 32.7 Å². The first-order valence-electron chi connectivity index (χ1n) is 6.07. The van der Waals surface area contributed by atoms with E-state index in [1.54, 1.807) is 13.0 Å². The lowest BCUT2D eigenvalue weighted by molar-refractivity contribution is 0.132. The van der Waals surface area contributed by atoms with Crippen LogP contribution < -0.4 is 10.1 Å². The molecule has 0 aliphatic rings. The average molecular weight is 255 g/mol. The fourth-order valence-electron chi connectivity index (χ4n) is 1.54. The fourth-order valence-corrected chi connectivity index (χ4v) is 1.54. The molecule has 0 saturated carbocycles. The highest BCUT2D eigenvalue weighted by molar-refractivity contribution is 5.41. The molecule has 18 heavy (non-hydrogen) atoms. The van der Waals surface area contributed by atoms with Crippen LogP contribution in [0.2, 0.25) is 0 Å². The number of nitrogens with one attached hydrogen (secondary N) is 1. The summed E-state index contributed by atoms with van der Waals surface area (Å²) in [6.45, 7) is 5.70. The van der Waals surface area contributed by atoms with Gasteiger partial charge in [0.25, 0.3) is 0 Å². The van der Waals surface area contributed by atoms with Crippen molar-refractivity contribution in [1.29, 1.82) is 0 Å². The number of nitrogens with zero attached hydrogens (tertiary/aromatic N) is 2. The molecule has 1 heterocycles. The lowest BCUT2D eigenvalue weighted by Gasteiger charge is -2.30. The van der Waals surface area contributed by atoms with Gasteiger partial charge in [0.15, 0.2) is 0 Å². The standard InChI is InChI=1S/C12H21N3O3/c1-4-12(7-16,8-17)15-10-6-11(18-5-2)14-9(3)13-10/h6,16-17H,4-5,7-8H2,1-3H3,(H,13,14,15). The van der Waals surface area contributed by atoms with Gasteiger partial charge in [0, 0.05) is 6.07 Å². The van der Waals surface area contributed by atoms with Gasteiger partial charge in [-0.05, 0) is 20.3 Å². The maximum absolute atomic E-state index is 9.38. The molecule has 3 N–H and O–H groups in total. The van der Waals surface area contributed by atoms with E-state index in [0.717, 1.165) is 0 Å². The smallest absolute Gasteiger partial charge is 0.218 e. The van der Waals surface area contributed by atoms with Crippen LogP contribution in [0.25, 0.3) is 0 Å². The lowest BCUT2D eigenvalue weighted by atomic mass is 9.98. The summed E-state index contributed by atoms with van der Waals surface area (Å²) in [7, 11) is 0. The van der Waals surface area contributed by atoms with Gasteiger partial charge < -0.3 is 20.3 Å². The van der Waals surface area contributed by atoms with Gasteiger partial charge >= 0.3 is 0 Å². The zero-order valence-corrected chi connectivity index (χ0v) is 11.1. The van der Waals surface area contributed by atoms with E-state index in [4.69, 9.17) is 4.74 Å². The van der Waals surface area contributed by atoms with Crippen LogP contribution in [0.15, 0.2) is 6.07 Å². The van der Waals surface area contributed by atoms with Crippen molar-refractivity contribution in [1.82, 2.24) is 9.97 Å². The molecule has 0 spiro atoms. The summed E-state index contributed by atoms with van der Waals surface area (Å²) < 4.78 is 5.33. The minimum Gasteiger partial charge on any atom is -0.478 e. The van der Waals surface area contributed by atoms with E-state index >= 15 is 0 Å². The molecule has 0 aliphatic carbocycles. The SMILES string of the molecule is CCOc1cc(NC(CC)(CO)CO)nc(C)n1. The van der Waals surface area contributed by atoms with Crippen LogP contribution in [-0.2, 0) is 0 Å². The summed E-state index contributed by atoms with van der Waals surface area (Å²) in [6.07, 6.45) is 0.576. The summed E-state index contributed by atoms with van der Waals surface area (Å²) >= 11 is 0. The highest BCUT2D eigenvalue weighted by atomic mass is 16.5. The van der Waals surface area contributed by atoms with Gasteiger partial charge in [0.1, 0.15) is 11.6 Å². The van der Waals surface area contributed by atoms with Crippen molar-refractivity contribution in [2.24, 2.45) is 0 Å². The van der Waals surface area contributed by atoms with Crippen LogP contribution in [0.3, 0.4) is 0 Å². The third-order valence-corrected chi connectivity index (χ3v) is 2.78. The molecular formula is C12H21N3O3. The second-order valence-corrected chi connectivity index (χ2v) is 4.15. The topological polar surface area (TPSA) is 87.5 Å². The van der Waals surface area contributed by atoms with Crippen molar-refractivity contribution in [3.05, 3.63) is 11.9 Å². The highest BCUT2D eigenvalue weighted by Gasteiger charge is 2.27. The third-order valence-electron chi connectivity index (χ3n) is 2.78. The summed E-state index contributed by atoms with van der Waals surface area (Å²) in [5.41, 5.74) is -0.774. The molecular weight excluding hydrogens is 234 g/mol. The zero-order chi connectivity index (χ0) is 13.6. The van der Waals surface area contributed by atoms with Gasteiger partial charge in [0.2, 0.25) is 5.88 Å². The predicted octanol–water partition coefficient (Wildman–Crippen LogP) is 0.729. The number of aromatic nitrogens is 2. The summed E-state index contributed by atoms with van der Waals surface area (Å²) in [4.78, 5) is 8.35. The quantitative estimate of drug-likeness (QED) is 0.665. The number of rotatable bonds is 7. The van der Waals surface area contributed by atoms with Crippen LogP contribution in [0.1, 0.15) is 26.1 Å². The molecule has 1 rings (SSSR count). The largest absolute Gasteiger partial charge is 0.478 e. The first-order chi connectivity index (χ1) is 8.59. The van der Waals surface area contributed by atoms with Gasteiger partial charge in [-0.15, -0.1) is 0 Å². The van der Waals surface area contributed by atoms with Gasteiger partial charge in [-0.25, -0.2) is 4.98 Å². The van der Waals surface area contributed by atoms with Crippen molar-refractivity contribution in [2.75, 3.05) is 25.1 Å². The number of aliphatic hydroxyl groups is 2. The van der Waals surface area contributed by atoms with E-state index in [1.165, 1.54) is 0 Å². The summed E-state index contributed by atoms with van der Waals surface area (Å²) in [6, 6.07) is 1.66. The molecule has 1 aromatic rings. The second-order valence-electron chi connectivity index (χ2n) is 4.15. The fraction of sp³-hybridized carbons (Fsp3) is 0.667. The molecule has 0 bridgehead atoms. The Morgan fingerprint density at radius 1 is 1.28 bits per heavy atom. The molecule has 0 unspecified atom stereocenters. The lowest BCUT2D eigenvalue weighted by Crippen LogP contribution is -2.45. The van der Waals surface area contributed by atoms with Crippen molar-refractivity contribution < 1.29 is 14.9 Å². The molecule has 0 amide bonds. The maximum Gasteiger partial charge on any atom is 0.218 e. The number of aryl methyl sites for hydroxylation is 1. The zero-order valence-electron chi connectivity index (χ0n) is 11.1. The molecule has 6 heteroatoms. The van der Waals surface area contributed by atoms with Crippen molar-refractivity contribution >= 4 is 5.82 Å². The number of anilines is 1. The molecule has 0 aromatic carbocycles. The first-order valence-corrected chi connectivity index (χ1v) is 6.07. The Labute approximate surface area is 107 Å². The van der Waals surface area contributed by atoms with E-state index in [-0.39, 0.29) is 13.2 Å². The summed E-state index contributed by atoms with van der Waals surface area (Å²) in [5.74, 6) is 1.59. The Kier molecular flexibility index (Phi) is 5.30. The predicted molar refractivity (Wildman–Crippen MR) is 68.8 cm³/mol. The van der Waals surface area contributed by atoms with Gasteiger partial charge in [-0.3, -0.25) is 0 Å². The number of ether oxygens (including phenoxy) is 1. The Bertz CT molecular complexity index is 373. The van der Waals surface area contributed by atoms with E-state index in [0.29, 0.717) is 30.5 Å². The van der Waals surface area contributed by atoms with Crippen LogP contribution in [-0.4, -0.2) is 45.5 Å². The second kappa shape index (κ2) is 6.51. The van der Waals surface area contributed by atoms with Crippen LogP contribution in [0, 0.1) is 6.92 Å². The van der Waals surface area contributed by atoms with E-state index < -0.39 is 5.54 Å². The number of hydrogen-bond acceptors (Lipinski definition) is 6. The normalized spacial score (nSPS) is 11.4. The van der Waals surface area contributed by atoms with E-state index in [2.05, 4.69) is 15.3 Å². The highest BCUT2D eigenvalue weighted by Crippen LogP contribution is 2.20. The Balaban J connectivity index is 2.95. The first kappa shape index (κ1) is 14.7. The van der Waals surface area contributed by atoms with Gasteiger partial charge in [-0.1, -0.05) is 6.92 Å². The van der Waals surface area contributed by atoms with Crippen molar-refractivity contribution in [3.63, 3.8) is 0 Å². The molecule has 0 aliphatic heterocycles. The molecule has 102 valence electrons. The Hall–Kier alpha value is -1.40. The van der Waals surface area contributed by atoms with E-state index in [9.17, 15) is 10.2 Å². The number of aliphatic hydroxyl groups excluding tert-OH is 2. The Morgan fingerprint density at radius 3 is 2.44 bits per heavy atom. The molecule has 0 atom stereocenters. The van der Waals surface area contributed by atoms with Gasteiger partial charge in [-0.2, -0.15) is 4.98 Å². The summed E-state index contributed by atoms with van der Waals surface area (Å²) in [5, 5.41) is 21.8. The number of hydrogen-bond donors (Lipinski definition) is 3. The molecule has 0 saturated heterocycles. The minimum atomic E-state index is -0.774. The monoisotopic (exact) mass is 255 g/mol. The Morgan fingerprint density at radius 2 is 1.94 bits per heavy atom. The molecule has 6 nitrogen and oxygen atoms in total. The van der Waals surface area contributed by atoms with Crippen molar-refractivity contribution in [3.8, 4) is 5.88 Å². The minimum absolute atomic E-state index is 0.174. The molecule has 0 fully saturated rings. The average Bonchev–Trinajstić information content (AvgIpc) is 2.36.